The minimum absolute atomic E-state index is 0.0746. The van der Waals surface area contributed by atoms with Gasteiger partial charge < -0.3 is 14.6 Å². The fourth-order valence-corrected chi connectivity index (χ4v) is 9.48. The second-order valence-electron chi connectivity index (χ2n) is 11.2. The molecule has 0 saturated heterocycles. The maximum absolute atomic E-state index is 13.9. The van der Waals surface area contributed by atoms with Gasteiger partial charge >= 0.3 is 11.9 Å². The molecule has 0 unspecified atom stereocenters. The summed E-state index contributed by atoms with van der Waals surface area (Å²) in [6.07, 6.45) is 6.52. The van der Waals surface area contributed by atoms with E-state index in [2.05, 4.69) is 22.6 Å². The largest absolute Gasteiger partial charge is 0.457 e. The highest BCUT2D eigenvalue weighted by Gasteiger charge is 2.76. The number of carbonyl (C=O) groups excluding carboxylic acids is 4. The molecule has 0 aromatic heterocycles. The van der Waals surface area contributed by atoms with E-state index in [1.807, 2.05) is 26.8 Å². The SMILES string of the molecule is CCC(=O)OCC(=O)[C@]1(OC(=O)CC)[C@@H](C)C[C@H]2[C@@H]3C(I)=CC4=CC(=O)C=C[C@]4(C)[C@@]3(Cl)[C@@H](O)C[C@@]21C. The van der Waals surface area contributed by atoms with Gasteiger partial charge in [0.2, 0.25) is 5.78 Å². The van der Waals surface area contributed by atoms with Gasteiger partial charge in [0.25, 0.3) is 0 Å². The van der Waals surface area contributed by atoms with E-state index in [0.717, 1.165) is 9.15 Å². The molecule has 0 aromatic rings. The number of aliphatic hydroxyl groups is 1. The fourth-order valence-electron chi connectivity index (χ4n) is 7.51. The average molecular weight is 645 g/mol. The molecule has 9 heteroatoms. The first kappa shape index (κ1) is 28.5. The summed E-state index contributed by atoms with van der Waals surface area (Å²) in [5, 5.41) is 11.9. The Bertz CT molecular complexity index is 1140. The zero-order valence-corrected chi connectivity index (χ0v) is 24.7. The van der Waals surface area contributed by atoms with E-state index < -0.39 is 57.7 Å². The molecule has 8 atom stereocenters. The Hall–Kier alpha value is -1.52. The maximum Gasteiger partial charge on any atom is 0.306 e. The molecule has 7 nitrogen and oxygen atoms in total. The van der Waals surface area contributed by atoms with Gasteiger partial charge in [0.1, 0.15) is 0 Å². The summed E-state index contributed by atoms with van der Waals surface area (Å²) in [5.41, 5.74) is -2.65. The lowest BCUT2D eigenvalue weighted by Crippen LogP contribution is -2.69. The van der Waals surface area contributed by atoms with E-state index in [1.54, 1.807) is 26.0 Å². The van der Waals surface area contributed by atoms with Crippen molar-refractivity contribution in [2.24, 2.45) is 28.6 Å². The second-order valence-corrected chi connectivity index (χ2v) is 13.1. The lowest BCUT2D eigenvalue weighted by atomic mass is 9.47. The number of allylic oxidation sites excluding steroid dienone is 6. The van der Waals surface area contributed by atoms with Crippen LogP contribution in [-0.4, -0.2) is 51.8 Å². The van der Waals surface area contributed by atoms with E-state index in [-0.39, 0.29) is 36.9 Å². The molecule has 0 radical (unpaired) electrons. The summed E-state index contributed by atoms with van der Waals surface area (Å²) in [4.78, 5) is 49.6. The van der Waals surface area contributed by atoms with Crippen molar-refractivity contribution < 1.29 is 33.8 Å². The standard InChI is InChI=1S/C28H34ClIO7/c1-6-22(34)36-14-21(33)28(37-23(35)7-2)15(3)10-18-24-19(30)12-16-11-17(31)8-9-25(16,4)27(24,29)20(32)13-26(18,28)5/h8-9,11-12,15,18,20,24,32H,6-7,10,13-14H2,1-5H3/t15-,18-,20-,24+,25-,26-,27+,28+/m0/s1. The number of aliphatic hydroxyl groups excluding tert-OH is 1. The molecule has 4 aliphatic rings. The molecule has 0 aromatic carbocycles. The third kappa shape index (κ3) is 3.83. The Morgan fingerprint density at radius 2 is 1.81 bits per heavy atom. The van der Waals surface area contributed by atoms with Crippen LogP contribution < -0.4 is 0 Å². The topological polar surface area (TPSA) is 107 Å². The van der Waals surface area contributed by atoms with Crippen LogP contribution in [0.5, 0.6) is 0 Å². The first-order valence-corrected chi connectivity index (χ1v) is 14.3. The molecule has 2 fully saturated rings. The summed E-state index contributed by atoms with van der Waals surface area (Å²) >= 11 is 9.75. The molecule has 0 amide bonds. The van der Waals surface area contributed by atoms with Gasteiger partial charge in [-0.15, -0.1) is 11.6 Å². The zero-order valence-electron chi connectivity index (χ0n) is 21.8. The van der Waals surface area contributed by atoms with E-state index in [1.165, 1.54) is 6.08 Å². The molecule has 0 aliphatic heterocycles. The lowest BCUT2D eigenvalue weighted by molar-refractivity contribution is -0.201. The molecule has 0 bridgehead atoms. The molecule has 4 rings (SSSR count). The van der Waals surface area contributed by atoms with Crippen LogP contribution in [0, 0.1) is 28.6 Å². The lowest BCUT2D eigenvalue weighted by Gasteiger charge is -2.63. The fraction of sp³-hybridized carbons (Fsp3) is 0.643. The van der Waals surface area contributed by atoms with Crippen molar-refractivity contribution in [3.63, 3.8) is 0 Å². The Morgan fingerprint density at radius 3 is 2.43 bits per heavy atom. The Kier molecular flexibility index (Phi) is 7.38. The highest BCUT2D eigenvalue weighted by Crippen LogP contribution is 2.72. The predicted molar refractivity (Wildman–Crippen MR) is 146 cm³/mol. The number of hydrogen-bond donors (Lipinski definition) is 1. The molecule has 37 heavy (non-hydrogen) atoms. The number of carbonyl (C=O) groups is 4. The number of alkyl halides is 1. The van der Waals surface area contributed by atoms with Gasteiger partial charge in [-0.1, -0.05) is 40.7 Å². The van der Waals surface area contributed by atoms with Crippen LogP contribution >= 0.6 is 34.2 Å². The van der Waals surface area contributed by atoms with E-state index in [0.29, 0.717) is 6.42 Å². The summed E-state index contributed by atoms with van der Waals surface area (Å²) < 4.78 is 12.2. The summed E-state index contributed by atoms with van der Waals surface area (Å²) in [6, 6.07) is 0. The van der Waals surface area contributed by atoms with Gasteiger partial charge in [-0.05, 0) is 68.7 Å². The molecule has 4 aliphatic carbocycles. The number of hydrogen-bond acceptors (Lipinski definition) is 7. The second kappa shape index (κ2) is 9.59. The van der Waals surface area contributed by atoms with E-state index in [4.69, 9.17) is 21.1 Å². The molecule has 0 heterocycles. The maximum atomic E-state index is 13.9. The number of ketones is 2. The van der Waals surface area contributed by atoms with E-state index >= 15 is 0 Å². The van der Waals surface area contributed by atoms with Crippen LogP contribution in [0.25, 0.3) is 0 Å². The summed E-state index contributed by atoms with van der Waals surface area (Å²) in [7, 11) is 0. The highest BCUT2D eigenvalue weighted by molar-refractivity contribution is 14.1. The normalized spacial score (nSPS) is 42.1. The smallest absolute Gasteiger partial charge is 0.306 e. The van der Waals surface area contributed by atoms with Crippen molar-refractivity contribution in [3.05, 3.63) is 33.5 Å². The number of rotatable bonds is 6. The molecule has 202 valence electrons. The molecular weight excluding hydrogens is 611 g/mol. The van der Waals surface area contributed by atoms with Crippen molar-refractivity contribution in [2.45, 2.75) is 76.9 Å². The zero-order chi connectivity index (χ0) is 27.6. The molecule has 1 N–H and O–H groups in total. The monoisotopic (exact) mass is 644 g/mol. The van der Waals surface area contributed by atoms with Crippen molar-refractivity contribution in [2.75, 3.05) is 6.61 Å². The summed E-state index contributed by atoms with van der Waals surface area (Å²) in [6.45, 7) is 8.49. The Balaban J connectivity index is 1.88. The van der Waals surface area contributed by atoms with Crippen LogP contribution in [0.1, 0.15) is 60.3 Å². The predicted octanol–water partition coefficient (Wildman–Crippen LogP) is 4.63. The van der Waals surface area contributed by atoms with Crippen molar-refractivity contribution in [3.8, 4) is 0 Å². The summed E-state index contributed by atoms with van der Waals surface area (Å²) in [5.74, 6) is -2.67. The molecule has 2 saturated carbocycles. The van der Waals surface area contributed by atoms with Gasteiger partial charge in [-0.2, -0.15) is 0 Å². The number of ether oxygens (including phenoxy) is 2. The van der Waals surface area contributed by atoms with Crippen LogP contribution in [-0.2, 0) is 28.7 Å². The Labute approximate surface area is 236 Å². The van der Waals surface area contributed by atoms with E-state index in [9.17, 15) is 24.3 Å². The average Bonchev–Trinajstić information content (AvgIpc) is 3.05. The number of Topliss-reactive ketones (excluding diaryl/α,β-unsaturated/α-hetero) is 1. The number of fused-ring (bicyclic) bond motifs is 5. The van der Waals surface area contributed by atoms with Gasteiger partial charge in [0.15, 0.2) is 18.0 Å². The van der Waals surface area contributed by atoms with Crippen molar-refractivity contribution >= 4 is 57.7 Å². The van der Waals surface area contributed by atoms with Gasteiger partial charge in [0.05, 0.1) is 11.0 Å². The van der Waals surface area contributed by atoms with Gasteiger partial charge in [-0.3, -0.25) is 19.2 Å². The minimum Gasteiger partial charge on any atom is -0.457 e. The minimum atomic E-state index is -1.59. The Morgan fingerprint density at radius 1 is 1.16 bits per heavy atom. The van der Waals surface area contributed by atoms with Crippen LogP contribution in [0.2, 0.25) is 0 Å². The first-order valence-electron chi connectivity index (χ1n) is 12.8. The van der Waals surface area contributed by atoms with Crippen LogP contribution in [0.4, 0.5) is 0 Å². The number of halogens is 2. The number of esters is 2. The molecular formula is C28H34ClIO7. The molecule has 0 spiro atoms. The van der Waals surface area contributed by atoms with Crippen molar-refractivity contribution in [1.29, 1.82) is 0 Å². The quantitative estimate of drug-likeness (QED) is 0.255. The first-order chi connectivity index (χ1) is 17.2. The highest BCUT2D eigenvalue weighted by atomic mass is 127. The van der Waals surface area contributed by atoms with Crippen LogP contribution in [0.15, 0.2) is 33.5 Å². The van der Waals surface area contributed by atoms with Crippen LogP contribution in [0.3, 0.4) is 0 Å². The van der Waals surface area contributed by atoms with Gasteiger partial charge in [0, 0.05) is 35.5 Å². The third-order valence-corrected chi connectivity index (χ3v) is 11.3. The van der Waals surface area contributed by atoms with Gasteiger partial charge in [-0.25, -0.2) is 0 Å². The third-order valence-electron chi connectivity index (χ3n) is 9.42. The van der Waals surface area contributed by atoms with Crippen molar-refractivity contribution in [1.82, 2.24) is 0 Å².